The number of likely N-dealkylation sites (N-methyl/N-ethyl adjacent to an activating group) is 1. The Balaban J connectivity index is 2.02. The highest BCUT2D eigenvalue weighted by Crippen LogP contribution is 2.33. The van der Waals surface area contributed by atoms with Crippen molar-refractivity contribution in [3.05, 3.63) is 36.2 Å². The molecule has 8 nitrogen and oxygen atoms in total. The van der Waals surface area contributed by atoms with Crippen molar-refractivity contribution in [2.75, 3.05) is 11.4 Å². The molecule has 27 heavy (non-hydrogen) atoms. The molecule has 0 radical (unpaired) electrons. The highest BCUT2D eigenvalue weighted by Gasteiger charge is 2.50. The van der Waals surface area contributed by atoms with Crippen LogP contribution in [-0.4, -0.2) is 43.7 Å². The molecule has 1 saturated carbocycles. The molecule has 1 amide bonds. The lowest BCUT2D eigenvalue weighted by molar-refractivity contribution is -0.148. The number of hydrogen-bond acceptors (Lipinski definition) is 5. The maximum absolute atomic E-state index is 13.4. The fourth-order valence-electron chi connectivity index (χ4n) is 3.70. The van der Waals surface area contributed by atoms with Crippen LogP contribution in [0.5, 0.6) is 0 Å². The SMILES string of the molecule is CCN(C(=O)C(C)(C(=O)O)c1nnnn1C1CCCCC1)c1ccccc1. The van der Waals surface area contributed by atoms with Crippen molar-refractivity contribution >= 4 is 17.6 Å². The summed E-state index contributed by atoms with van der Waals surface area (Å²) >= 11 is 0. The van der Waals surface area contributed by atoms with Gasteiger partial charge < -0.3 is 10.0 Å². The van der Waals surface area contributed by atoms with Gasteiger partial charge in [-0.05, 0) is 49.2 Å². The van der Waals surface area contributed by atoms with Crippen molar-refractivity contribution in [2.24, 2.45) is 0 Å². The first kappa shape index (κ1) is 19.0. The average molecular weight is 371 g/mol. The van der Waals surface area contributed by atoms with Gasteiger partial charge in [-0.2, -0.15) is 0 Å². The molecular weight excluding hydrogens is 346 g/mol. The monoisotopic (exact) mass is 371 g/mol. The molecule has 0 bridgehead atoms. The number of para-hydroxylation sites is 1. The summed E-state index contributed by atoms with van der Waals surface area (Å²) in [4.78, 5) is 27.2. The number of carboxylic acid groups (broad SMARTS) is 1. The first-order valence-corrected chi connectivity index (χ1v) is 9.38. The van der Waals surface area contributed by atoms with Crippen LogP contribution in [0.15, 0.2) is 30.3 Å². The Bertz CT molecular complexity index is 801. The minimum absolute atomic E-state index is 0.0297. The number of nitrogens with zero attached hydrogens (tertiary/aromatic N) is 5. The predicted octanol–water partition coefficient (Wildman–Crippen LogP) is 2.57. The van der Waals surface area contributed by atoms with Gasteiger partial charge in [0.15, 0.2) is 5.82 Å². The van der Waals surface area contributed by atoms with E-state index in [4.69, 9.17) is 0 Å². The fourth-order valence-corrected chi connectivity index (χ4v) is 3.70. The number of amides is 1. The minimum atomic E-state index is -1.87. The number of aliphatic carboxylic acids is 1. The van der Waals surface area contributed by atoms with Gasteiger partial charge in [0.1, 0.15) is 0 Å². The van der Waals surface area contributed by atoms with E-state index < -0.39 is 17.3 Å². The van der Waals surface area contributed by atoms with E-state index in [0.717, 1.165) is 32.1 Å². The van der Waals surface area contributed by atoms with E-state index in [9.17, 15) is 14.7 Å². The number of benzene rings is 1. The maximum Gasteiger partial charge on any atom is 0.326 e. The quantitative estimate of drug-likeness (QED) is 0.783. The van der Waals surface area contributed by atoms with Crippen LogP contribution >= 0.6 is 0 Å². The number of anilines is 1. The van der Waals surface area contributed by atoms with Crippen LogP contribution in [0.4, 0.5) is 5.69 Å². The second-order valence-corrected chi connectivity index (χ2v) is 7.05. The van der Waals surface area contributed by atoms with Gasteiger partial charge in [-0.1, -0.05) is 37.5 Å². The molecule has 0 spiro atoms. The number of aromatic nitrogens is 4. The smallest absolute Gasteiger partial charge is 0.326 e. The third-order valence-electron chi connectivity index (χ3n) is 5.35. The lowest BCUT2D eigenvalue weighted by Gasteiger charge is -2.32. The van der Waals surface area contributed by atoms with Gasteiger partial charge in [-0.3, -0.25) is 9.59 Å². The fraction of sp³-hybridized carbons (Fsp3) is 0.526. The molecule has 2 aromatic rings. The Hall–Kier alpha value is -2.77. The molecule has 1 N–H and O–H groups in total. The molecular formula is C19H25N5O3. The van der Waals surface area contributed by atoms with Gasteiger partial charge in [0.2, 0.25) is 5.41 Å². The second-order valence-electron chi connectivity index (χ2n) is 7.05. The predicted molar refractivity (Wildman–Crippen MR) is 99.4 cm³/mol. The van der Waals surface area contributed by atoms with Crippen LogP contribution in [-0.2, 0) is 15.0 Å². The molecule has 8 heteroatoms. The van der Waals surface area contributed by atoms with Crippen molar-refractivity contribution in [2.45, 2.75) is 57.4 Å². The highest BCUT2D eigenvalue weighted by molar-refractivity contribution is 6.13. The Morgan fingerprint density at radius 3 is 2.48 bits per heavy atom. The molecule has 1 atom stereocenters. The van der Waals surface area contributed by atoms with Gasteiger partial charge in [-0.15, -0.1) is 5.10 Å². The van der Waals surface area contributed by atoms with Crippen LogP contribution < -0.4 is 4.90 Å². The molecule has 0 saturated heterocycles. The molecule has 1 heterocycles. The van der Waals surface area contributed by atoms with Crippen LogP contribution in [0.3, 0.4) is 0 Å². The average Bonchev–Trinajstić information content (AvgIpc) is 3.19. The van der Waals surface area contributed by atoms with Crippen molar-refractivity contribution < 1.29 is 14.7 Å². The van der Waals surface area contributed by atoms with Gasteiger partial charge in [0, 0.05) is 12.2 Å². The van der Waals surface area contributed by atoms with E-state index in [1.807, 2.05) is 25.1 Å². The molecule has 1 unspecified atom stereocenters. The van der Waals surface area contributed by atoms with Gasteiger partial charge >= 0.3 is 5.97 Å². The summed E-state index contributed by atoms with van der Waals surface area (Å²) in [7, 11) is 0. The minimum Gasteiger partial charge on any atom is -0.480 e. The second kappa shape index (κ2) is 7.85. The lowest BCUT2D eigenvalue weighted by atomic mass is 9.86. The zero-order valence-electron chi connectivity index (χ0n) is 15.7. The summed E-state index contributed by atoms with van der Waals surface area (Å²) in [6, 6.07) is 9.08. The summed E-state index contributed by atoms with van der Waals surface area (Å²) in [5.41, 5.74) is -1.22. The molecule has 1 aromatic carbocycles. The first-order chi connectivity index (χ1) is 13.0. The number of tetrazole rings is 1. The zero-order chi connectivity index (χ0) is 19.4. The van der Waals surface area contributed by atoms with Crippen LogP contribution in [0.25, 0.3) is 0 Å². The van der Waals surface area contributed by atoms with E-state index in [1.54, 1.807) is 16.8 Å². The van der Waals surface area contributed by atoms with Crippen LogP contribution in [0, 0.1) is 0 Å². The summed E-state index contributed by atoms with van der Waals surface area (Å²) in [5.74, 6) is -1.70. The van der Waals surface area contributed by atoms with Crippen molar-refractivity contribution in [1.29, 1.82) is 0 Å². The van der Waals surface area contributed by atoms with E-state index in [0.29, 0.717) is 12.2 Å². The molecule has 1 aliphatic rings. The first-order valence-electron chi connectivity index (χ1n) is 9.38. The third-order valence-corrected chi connectivity index (χ3v) is 5.35. The summed E-state index contributed by atoms with van der Waals surface area (Å²) in [5, 5.41) is 21.8. The van der Waals surface area contributed by atoms with Crippen molar-refractivity contribution in [1.82, 2.24) is 20.2 Å². The molecule has 0 aliphatic heterocycles. The number of carbonyl (C=O) groups excluding carboxylic acids is 1. The number of carboxylic acids is 1. The van der Waals surface area contributed by atoms with Crippen molar-refractivity contribution in [3.8, 4) is 0 Å². The molecule has 3 rings (SSSR count). The van der Waals surface area contributed by atoms with E-state index in [2.05, 4.69) is 15.5 Å². The van der Waals surface area contributed by atoms with E-state index in [1.165, 1.54) is 11.8 Å². The van der Waals surface area contributed by atoms with Gasteiger partial charge in [0.05, 0.1) is 6.04 Å². The molecule has 1 aromatic heterocycles. The number of carbonyl (C=O) groups is 2. The van der Waals surface area contributed by atoms with E-state index >= 15 is 0 Å². The topological polar surface area (TPSA) is 101 Å². The zero-order valence-corrected chi connectivity index (χ0v) is 15.7. The van der Waals surface area contributed by atoms with Crippen molar-refractivity contribution in [3.63, 3.8) is 0 Å². The summed E-state index contributed by atoms with van der Waals surface area (Å²) < 4.78 is 1.56. The third kappa shape index (κ3) is 3.43. The summed E-state index contributed by atoms with van der Waals surface area (Å²) in [6.07, 6.45) is 5.02. The number of hydrogen-bond donors (Lipinski definition) is 1. The van der Waals surface area contributed by atoms with Gasteiger partial charge in [0.25, 0.3) is 5.91 Å². The van der Waals surface area contributed by atoms with Crippen LogP contribution in [0.1, 0.15) is 57.8 Å². The Labute approximate surface area is 158 Å². The molecule has 1 fully saturated rings. The molecule has 144 valence electrons. The normalized spacial score (nSPS) is 17.3. The molecule has 1 aliphatic carbocycles. The Morgan fingerprint density at radius 1 is 1.22 bits per heavy atom. The van der Waals surface area contributed by atoms with E-state index in [-0.39, 0.29) is 11.9 Å². The lowest BCUT2D eigenvalue weighted by Crippen LogP contribution is -2.52. The Kier molecular flexibility index (Phi) is 5.53. The van der Waals surface area contributed by atoms with Crippen LogP contribution in [0.2, 0.25) is 0 Å². The largest absolute Gasteiger partial charge is 0.480 e. The summed E-state index contributed by atoms with van der Waals surface area (Å²) in [6.45, 7) is 3.56. The highest BCUT2D eigenvalue weighted by atomic mass is 16.4. The number of rotatable bonds is 6. The maximum atomic E-state index is 13.4. The Morgan fingerprint density at radius 2 is 1.89 bits per heavy atom. The van der Waals surface area contributed by atoms with Gasteiger partial charge in [-0.25, -0.2) is 4.68 Å². The standard InChI is InChI=1S/C19H25N5O3/c1-3-23(14-10-6-4-7-11-14)17(25)19(2,18(26)27)16-20-21-22-24(16)15-12-8-5-9-13-15/h4,6-7,10-11,15H,3,5,8-9,12-13H2,1-2H3,(H,26,27).